The molecule has 1 aromatic carbocycles. The highest BCUT2D eigenvalue weighted by atomic mass is 16.5. The second kappa shape index (κ2) is 6.96. The highest BCUT2D eigenvalue weighted by molar-refractivity contribution is 5.87. The van der Waals surface area contributed by atoms with Crippen LogP contribution in [0.15, 0.2) is 49.1 Å². The van der Waals surface area contributed by atoms with Gasteiger partial charge in [-0.25, -0.2) is 4.79 Å². The van der Waals surface area contributed by atoms with E-state index in [-0.39, 0.29) is 17.5 Å². The van der Waals surface area contributed by atoms with E-state index < -0.39 is 0 Å². The molecule has 0 amide bonds. The van der Waals surface area contributed by atoms with E-state index in [0.29, 0.717) is 16.9 Å². The van der Waals surface area contributed by atoms with Gasteiger partial charge in [0.1, 0.15) is 6.10 Å². The molecule has 2 bridgehead atoms. The first-order chi connectivity index (χ1) is 11.2. The zero-order valence-corrected chi connectivity index (χ0v) is 15.5. The van der Waals surface area contributed by atoms with Crippen molar-refractivity contribution < 1.29 is 9.53 Å². The molecule has 2 nitrogen and oxygen atoms in total. The van der Waals surface area contributed by atoms with Crippen LogP contribution >= 0.6 is 0 Å². The lowest BCUT2D eigenvalue weighted by Gasteiger charge is -2.38. The second-order valence-electron chi connectivity index (χ2n) is 7.90. The Bertz CT molecular complexity index is 614. The summed E-state index contributed by atoms with van der Waals surface area (Å²) < 4.78 is 5.61. The van der Waals surface area contributed by atoms with Crippen LogP contribution in [0, 0.1) is 16.7 Å². The molecule has 0 N–H and O–H groups in total. The molecule has 0 spiro atoms. The summed E-state index contributed by atoms with van der Waals surface area (Å²) in [4.78, 5) is 11.6. The Balaban J connectivity index is 0.000000219. The van der Waals surface area contributed by atoms with Gasteiger partial charge in [-0.05, 0) is 43.1 Å². The summed E-state index contributed by atoms with van der Waals surface area (Å²) in [5.41, 5.74) is 2.13. The summed E-state index contributed by atoms with van der Waals surface area (Å²) in [6.07, 6.45) is 5.41. The molecule has 0 radical (unpaired) electrons. The zero-order chi connectivity index (χ0) is 18.0. The van der Waals surface area contributed by atoms with Crippen molar-refractivity contribution in [2.75, 3.05) is 0 Å². The molecule has 3 rings (SSSR count). The van der Waals surface area contributed by atoms with Gasteiger partial charge < -0.3 is 4.74 Å². The van der Waals surface area contributed by atoms with Gasteiger partial charge in [-0.1, -0.05) is 70.3 Å². The van der Waals surface area contributed by atoms with Crippen LogP contribution in [0.2, 0.25) is 0 Å². The Labute approximate surface area is 146 Å². The highest BCUT2D eigenvalue weighted by Crippen LogP contribution is 2.66. The summed E-state index contributed by atoms with van der Waals surface area (Å²) in [5.74, 6) is 0.481. The number of fused-ring (bicyclic) bond motifs is 2. The van der Waals surface area contributed by atoms with Gasteiger partial charge in [-0.15, -0.1) is 0 Å². The number of ether oxygens (including phenoxy) is 1. The monoisotopic (exact) mass is 326 g/mol. The van der Waals surface area contributed by atoms with E-state index in [1.807, 2.05) is 36.4 Å². The van der Waals surface area contributed by atoms with Gasteiger partial charge in [0, 0.05) is 11.0 Å². The molecule has 2 aliphatic carbocycles. The van der Waals surface area contributed by atoms with Crippen LogP contribution in [0.1, 0.15) is 52.5 Å². The predicted molar refractivity (Wildman–Crippen MR) is 100 cm³/mol. The van der Waals surface area contributed by atoms with Crippen molar-refractivity contribution in [1.82, 2.24) is 0 Å². The summed E-state index contributed by atoms with van der Waals surface area (Å²) in [5, 5.41) is 0. The van der Waals surface area contributed by atoms with Crippen LogP contribution < -0.4 is 0 Å². The Kier molecular flexibility index (Phi) is 5.37. The number of hydrogen-bond donors (Lipinski definition) is 0. The van der Waals surface area contributed by atoms with Crippen LogP contribution in [0.25, 0.3) is 6.08 Å². The fraction of sp³-hybridized carbons (Fsp3) is 0.500. The molecule has 0 aromatic heterocycles. The maximum atomic E-state index is 11.6. The minimum absolute atomic E-state index is 0.0884. The summed E-state index contributed by atoms with van der Waals surface area (Å²) >= 11 is 0. The SMILES string of the molecule is C=C(C)C(=O)O[C@H]1C[C@@H]2CC[C@@]1(C)C2(C)C.C=Cc1ccccc1. The Morgan fingerprint density at radius 2 is 1.88 bits per heavy atom. The molecule has 1 aromatic rings. The van der Waals surface area contributed by atoms with E-state index in [1.54, 1.807) is 6.92 Å². The van der Waals surface area contributed by atoms with E-state index in [2.05, 4.69) is 33.9 Å². The lowest BCUT2D eigenvalue weighted by Crippen LogP contribution is -2.38. The first-order valence-corrected chi connectivity index (χ1v) is 8.76. The van der Waals surface area contributed by atoms with E-state index in [9.17, 15) is 4.79 Å². The highest BCUT2D eigenvalue weighted by Gasteiger charge is 2.62. The number of benzene rings is 1. The molecule has 130 valence electrons. The molecular weight excluding hydrogens is 296 g/mol. The van der Waals surface area contributed by atoms with Gasteiger partial charge in [0.2, 0.25) is 0 Å². The van der Waals surface area contributed by atoms with E-state index in [1.165, 1.54) is 18.4 Å². The Hall–Kier alpha value is -1.83. The maximum absolute atomic E-state index is 11.6. The molecular formula is C22H30O2. The lowest BCUT2D eigenvalue weighted by atomic mass is 9.70. The third kappa shape index (κ3) is 3.33. The van der Waals surface area contributed by atoms with Crippen molar-refractivity contribution in [3.8, 4) is 0 Å². The fourth-order valence-corrected chi connectivity index (χ4v) is 4.13. The average Bonchev–Trinajstić information content (AvgIpc) is 2.89. The summed E-state index contributed by atoms with van der Waals surface area (Å²) in [7, 11) is 0. The molecule has 0 aliphatic heterocycles. The van der Waals surface area contributed by atoms with Crippen LogP contribution in [0.5, 0.6) is 0 Å². The average molecular weight is 326 g/mol. The van der Waals surface area contributed by atoms with Gasteiger partial charge in [0.25, 0.3) is 0 Å². The minimum Gasteiger partial charge on any atom is -0.458 e. The zero-order valence-electron chi connectivity index (χ0n) is 15.5. The van der Waals surface area contributed by atoms with Gasteiger partial charge in [-0.3, -0.25) is 0 Å². The van der Waals surface area contributed by atoms with Gasteiger partial charge >= 0.3 is 5.97 Å². The van der Waals surface area contributed by atoms with Crippen LogP contribution in [0.3, 0.4) is 0 Å². The van der Waals surface area contributed by atoms with Crippen molar-refractivity contribution in [3.63, 3.8) is 0 Å². The summed E-state index contributed by atoms with van der Waals surface area (Å²) in [6.45, 7) is 15.9. The molecule has 24 heavy (non-hydrogen) atoms. The standard InChI is InChI=1S/C14H22O2.C8H8/c1-9(2)12(15)16-11-8-10-6-7-14(11,5)13(10,3)4;1-2-8-6-4-3-5-7-8/h10-11H,1,6-8H2,2-5H3;2-7H,1H2/t10-,11-,14+;/m0./s1. The number of carbonyl (C=O) groups is 1. The van der Waals surface area contributed by atoms with E-state index in [4.69, 9.17) is 4.74 Å². The maximum Gasteiger partial charge on any atom is 0.333 e. The molecule has 0 heterocycles. The number of esters is 1. The van der Waals surface area contributed by atoms with Crippen molar-refractivity contribution >= 4 is 12.0 Å². The Morgan fingerprint density at radius 1 is 1.25 bits per heavy atom. The molecule has 2 saturated carbocycles. The van der Waals surface area contributed by atoms with Crippen molar-refractivity contribution in [2.24, 2.45) is 16.7 Å². The number of rotatable bonds is 3. The molecule has 2 heteroatoms. The predicted octanol–water partition coefficient (Wildman–Crippen LogP) is 5.65. The van der Waals surface area contributed by atoms with Crippen molar-refractivity contribution in [3.05, 3.63) is 54.6 Å². The van der Waals surface area contributed by atoms with Crippen LogP contribution in [0.4, 0.5) is 0 Å². The topological polar surface area (TPSA) is 26.3 Å². The summed E-state index contributed by atoms with van der Waals surface area (Å²) in [6, 6.07) is 10.0. The lowest BCUT2D eigenvalue weighted by molar-refractivity contribution is -0.151. The number of carbonyl (C=O) groups excluding carboxylic acids is 1. The second-order valence-corrected chi connectivity index (χ2v) is 7.90. The molecule has 2 fully saturated rings. The smallest absolute Gasteiger partial charge is 0.333 e. The largest absolute Gasteiger partial charge is 0.458 e. The first kappa shape index (κ1) is 18.5. The van der Waals surface area contributed by atoms with E-state index >= 15 is 0 Å². The van der Waals surface area contributed by atoms with Gasteiger partial charge in [-0.2, -0.15) is 0 Å². The van der Waals surface area contributed by atoms with Gasteiger partial charge in [0.05, 0.1) is 0 Å². The third-order valence-electron chi connectivity index (χ3n) is 6.35. The third-order valence-corrected chi connectivity index (χ3v) is 6.35. The van der Waals surface area contributed by atoms with Crippen LogP contribution in [-0.4, -0.2) is 12.1 Å². The molecule has 3 atom stereocenters. The van der Waals surface area contributed by atoms with Crippen molar-refractivity contribution in [1.29, 1.82) is 0 Å². The minimum atomic E-state index is -0.227. The molecule has 0 unspecified atom stereocenters. The fourth-order valence-electron chi connectivity index (χ4n) is 4.13. The van der Waals surface area contributed by atoms with Crippen LogP contribution in [-0.2, 0) is 9.53 Å². The first-order valence-electron chi connectivity index (χ1n) is 8.76. The molecule has 2 aliphatic rings. The normalized spacial score (nSPS) is 29.3. The quantitative estimate of drug-likeness (QED) is 0.530. The number of hydrogen-bond acceptors (Lipinski definition) is 2. The Morgan fingerprint density at radius 3 is 2.25 bits per heavy atom. The molecule has 0 saturated heterocycles. The van der Waals surface area contributed by atoms with Gasteiger partial charge in [0.15, 0.2) is 0 Å². The van der Waals surface area contributed by atoms with E-state index in [0.717, 1.165) is 6.42 Å². The van der Waals surface area contributed by atoms with Crippen molar-refractivity contribution in [2.45, 2.75) is 53.1 Å².